The van der Waals surface area contributed by atoms with E-state index < -0.39 is 5.97 Å². The fraction of sp³-hybridized carbons (Fsp3) is 0.867. The molecule has 0 aromatic heterocycles. The summed E-state index contributed by atoms with van der Waals surface area (Å²) >= 11 is 0. The highest BCUT2D eigenvalue weighted by Crippen LogP contribution is 2.29. The maximum absolute atomic E-state index is 12.3. The van der Waals surface area contributed by atoms with Gasteiger partial charge in [-0.25, -0.2) is 4.79 Å². The molecule has 0 bridgehead atoms. The minimum Gasteiger partial charge on any atom is -0.481 e. The second-order valence-electron chi connectivity index (χ2n) is 6.20. The molecule has 0 aromatic carbocycles. The van der Waals surface area contributed by atoms with Crippen LogP contribution in [0.3, 0.4) is 0 Å². The molecule has 5 nitrogen and oxygen atoms in total. The molecule has 0 radical (unpaired) electrons. The number of rotatable bonds is 6. The van der Waals surface area contributed by atoms with Crippen LogP contribution in [0.25, 0.3) is 0 Å². The van der Waals surface area contributed by atoms with E-state index >= 15 is 0 Å². The lowest BCUT2D eigenvalue weighted by atomic mass is 9.84. The quantitative estimate of drug-likeness (QED) is 0.786. The molecule has 2 fully saturated rings. The highest BCUT2D eigenvalue weighted by Gasteiger charge is 2.33. The van der Waals surface area contributed by atoms with Crippen molar-refractivity contribution < 1.29 is 14.7 Å². The molecule has 0 spiro atoms. The molecular weight excluding hydrogens is 256 g/mol. The lowest BCUT2D eigenvalue weighted by molar-refractivity contribution is -0.137. The van der Waals surface area contributed by atoms with Crippen molar-refractivity contribution >= 4 is 12.0 Å². The van der Waals surface area contributed by atoms with Gasteiger partial charge in [-0.1, -0.05) is 19.3 Å². The van der Waals surface area contributed by atoms with Crippen LogP contribution in [-0.4, -0.2) is 40.6 Å². The average Bonchev–Trinajstić information content (AvgIpc) is 3.24. The molecule has 0 heterocycles. The van der Waals surface area contributed by atoms with Gasteiger partial charge in [0.25, 0.3) is 0 Å². The van der Waals surface area contributed by atoms with Gasteiger partial charge in [-0.2, -0.15) is 0 Å². The smallest absolute Gasteiger partial charge is 0.317 e. The largest absolute Gasteiger partial charge is 0.481 e. The van der Waals surface area contributed by atoms with Crippen LogP contribution in [0.2, 0.25) is 0 Å². The maximum Gasteiger partial charge on any atom is 0.317 e. The predicted molar refractivity (Wildman–Crippen MR) is 76.5 cm³/mol. The van der Waals surface area contributed by atoms with Gasteiger partial charge in [0.15, 0.2) is 0 Å². The second-order valence-corrected chi connectivity index (χ2v) is 6.20. The number of hydrogen-bond donors (Lipinski definition) is 2. The molecule has 2 aliphatic carbocycles. The SMILES string of the molecule is CC(NC(=O)N(CCC(=O)O)C1CC1)C1CCCCC1. The van der Waals surface area contributed by atoms with Gasteiger partial charge in [0.2, 0.25) is 0 Å². The van der Waals surface area contributed by atoms with Crippen molar-refractivity contribution in [3.63, 3.8) is 0 Å². The maximum atomic E-state index is 12.3. The minimum atomic E-state index is -0.844. The number of nitrogens with zero attached hydrogens (tertiary/aromatic N) is 1. The Labute approximate surface area is 120 Å². The van der Waals surface area contributed by atoms with Gasteiger partial charge in [-0.15, -0.1) is 0 Å². The van der Waals surface area contributed by atoms with E-state index in [9.17, 15) is 9.59 Å². The molecule has 0 aliphatic heterocycles. The van der Waals surface area contributed by atoms with Gasteiger partial charge in [0.05, 0.1) is 6.42 Å². The molecule has 5 heteroatoms. The Bertz CT molecular complexity index is 349. The summed E-state index contributed by atoms with van der Waals surface area (Å²) in [6.07, 6.45) is 8.26. The van der Waals surface area contributed by atoms with Crippen LogP contribution < -0.4 is 5.32 Å². The Morgan fingerprint density at radius 3 is 2.40 bits per heavy atom. The normalized spacial score (nSPS) is 21.2. The fourth-order valence-corrected chi connectivity index (χ4v) is 3.08. The third kappa shape index (κ3) is 4.39. The van der Waals surface area contributed by atoms with Gasteiger partial charge in [0, 0.05) is 18.6 Å². The van der Waals surface area contributed by atoms with Gasteiger partial charge in [0.1, 0.15) is 0 Å². The van der Waals surface area contributed by atoms with E-state index in [0.29, 0.717) is 12.5 Å². The Morgan fingerprint density at radius 1 is 1.20 bits per heavy atom. The van der Waals surface area contributed by atoms with E-state index in [2.05, 4.69) is 12.2 Å². The minimum absolute atomic E-state index is 0.0295. The Hall–Kier alpha value is -1.26. The third-order valence-corrected chi connectivity index (χ3v) is 4.52. The van der Waals surface area contributed by atoms with Crippen LogP contribution in [0.15, 0.2) is 0 Å². The number of carboxylic acid groups (broad SMARTS) is 1. The van der Waals surface area contributed by atoms with E-state index in [4.69, 9.17) is 5.11 Å². The summed E-state index contributed by atoms with van der Waals surface area (Å²) in [5, 5.41) is 11.9. The zero-order valence-electron chi connectivity index (χ0n) is 12.3. The van der Waals surface area contributed by atoms with Gasteiger partial charge >= 0.3 is 12.0 Å². The lowest BCUT2D eigenvalue weighted by Crippen LogP contribution is -2.48. The Balaban J connectivity index is 1.82. The molecule has 2 rings (SSSR count). The Morgan fingerprint density at radius 2 is 1.85 bits per heavy atom. The third-order valence-electron chi connectivity index (χ3n) is 4.52. The van der Waals surface area contributed by atoms with Crippen LogP contribution in [0, 0.1) is 5.92 Å². The van der Waals surface area contributed by atoms with Crippen LogP contribution in [0.4, 0.5) is 4.79 Å². The molecule has 2 saturated carbocycles. The number of carbonyl (C=O) groups is 2. The van der Waals surface area contributed by atoms with Gasteiger partial charge < -0.3 is 15.3 Å². The first-order valence-electron chi connectivity index (χ1n) is 7.87. The predicted octanol–water partition coefficient (Wildman–Crippen LogP) is 2.60. The number of nitrogens with one attached hydrogen (secondary N) is 1. The van der Waals surface area contributed by atoms with E-state index in [0.717, 1.165) is 12.8 Å². The summed E-state index contributed by atoms with van der Waals surface area (Å²) in [6, 6.07) is 0.369. The number of urea groups is 1. The first-order chi connectivity index (χ1) is 9.58. The monoisotopic (exact) mass is 282 g/mol. The first-order valence-corrected chi connectivity index (χ1v) is 7.87. The van der Waals surface area contributed by atoms with Crippen LogP contribution >= 0.6 is 0 Å². The lowest BCUT2D eigenvalue weighted by Gasteiger charge is -2.31. The van der Waals surface area contributed by atoms with E-state index in [-0.39, 0.29) is 24.5 Å². The van der Waals surface area contributed by atoms with E-state index in [1.807, 2.05) is 0 Å². The molecule has 1 atom stereocenters. The fourth-order valence-electron chi connectivity index (χ4n) is 3.08. The summed E-state index contributed by atoms with van der Waals surface area (Å²) in [4.78, 5) is 24.7. The van der Waals surface area contributed by atoms with Crippen molar-refractivity contribution in [2.75, 3.05) is 6.54 Å². The second kappa shape index (κ2) is 6.95. The molecule has 2 aliphatic rings. The van der Waals surface area contributed by atoms with Crippen molar-refractivity contribution in [2.45, 2.75) is 70.4 Å². The topological polar surface area (TPSA) is 69.6 Å². The molecule has 0 aromatic rings. The van der Waals surface area contributed by atoms with Crippen molar-refractivity contribution in [1.29, 1.82) is 0 Å². The molecular formula is C15H26N2O3. The van der Waals surface area contributed by atoms with Crippen molar-refractivity contribution in [3.05, 3.63) is 0 Å². The molecule has 20 heavy (non-hydrogen) atoms. The number of carboxylic acids is 1. The van der Waals surface area contributed by atoms with Gasteiger partial charge in [-0.3, -0.25) is 4.79 Å². The van der Waals surface area contributed by atoms with Crippen LogP contribution in [-0.2, 0) is 4.79 Å². The highest BCUT2D eigenvalue weighted by molar-refractivity contribution is 5.76. The summed E-state index contributed by atoms with van der Waals surface area (Å²) < 4.78 is 0. The number of amides is 2. The molecule has 0 saturated heterocycles. The van der Waals surface area contributed by atoms with Crippen LogP contribution in [0.5, 0.6) is 0 Å². The summed E-state index contributed by atoms with van der Waals surface area (Å²) in [5.41, 5.74) is 0. The summed E-state index contributed by atoms with van der Waals surface area (Å²) in [5.74, 6) is -0.267. The zero-order valence-corrected chi connectivity index (χ0v) is 12.3. The van der Waals surface area contributed by atoms with Crippen molar-refractivity contribution in [2.24, 2.45) is 5.92 Å². The number of hydrogen-bond acceptors (Lipinski definition) is 2. The number of carbonyl (C=O) groups excluding carboxylic acids is 1. The molecule has 2 N–H and O–H groups in total. The highest BCUT2D eigenvalue weighted by atomic mass is 16.4. The number of aliphatic carboxylic acids is 1. The van der Waals surface area contributed by atoms with E-state index in [1.54, 1.807) is 4.90 Å². The molecule has 1 unspecified atom stereocenters. The first kappa shape index (κ1) is 15.1. The average molecular weight is 282 g/mol. The summed E-state index contributed by atoms with van der Waals surface area (Å²) in [7, 11) is 0. The molecule has 114 valence electrons. The van der Waals surface area contributed by atoms with E-state index in [1.165, 1.54) is 32.1 Å². The van der Waals surface area contributed by atoms with Gasteiger partial charge in [-0.05, 0) is 38.5 Å². The van der Waals surface area contributed by atoms with Crippen LogP contribution in [0.1, 0.15) is 58.3 Å². The Kier molecular flexibility index (Phi) is 5.26. The molecule has 2 amide bonds. The summed E-state index contributed by atoms with van der Waals surface area (Å²) in [6.45, 7) is 2.40. The zero-order chi connectivity index (χ0) is 14.5. The van der Waals surface area contributed by atoms with Crippen molar-refractivity contribution in [1.82, 2.24) is 10.2 Å². The van der Waals surface area contributed by atoms with Crippen molar-refractivity contribution in [3.8, 4) is 0 Å². The standard InChI is InChI=1S/C15H26N2O3/c1-11(12-5-3-2-4-6-12)16-15(20)17(13-7-8-13)10-9-14(18)19/h11-13H,2-10H2,1H3,(H,16,20)(H,18,19).